The second-order valence-corrected chi connectivity index (χ2v) is 3.76. The van der Waals surface area contributed by atoms with Crippen molar-refractivity contribution in [2.24, 2.45) is 5.73 Å². The number of nitrogens with two attached hydrogens (primary N) is 2. The van der Waals surface area contributed by atoms with E-state index in [1.165, 1.54) is 0 Å². The van der Waals surface area contributed by atoms with E-state index in [2.05, 4.69) is 5.32 Å². The molecule has 0 aliphatic carbocycles. The number of carbonyl (C=O) groups is 1. The maximum absolute atomic E-state index is 11.5. The molecule has 5 N–H and O–H groups in total. The molecule has 0 saturated carbocycles. The molecule has 0 bridgehead atoms. The summed E-state index contributed by atoms with van der Waals surface area (Å²) in [5.74, 6) is -0.254. The molecule has 0 aromatic heterocycles. The summed E-state index contributed by atoms with van der Waals surface area (Å²) in [4.78, 5) is 11.5. The van der Waals surface area contributed by atoms with Crippen molar-refractivity contribution >= 4 is 17.3 Å². The summed E-state index contributed by atoms with van der Waals surface area (Å²) in [6.07, 6.45) is 0. The number of nitrogen functional groups attached to an aromatic ring is 1. The van der Waals surface area contributed by atoms with E-state index < -0.39 is 5.54 Å². The van der Waals surface area contributed by atoms with Crippen LogP contribution in [0.15, 0.2) is 24.3 Å². The molecule has 0 radical (unpaired) electrons. The van der Waals surface area contributed by atoms with E-state index in [4.69, 9.17) is 11.5 Å². The molecule has 0 aliphatic heterocycles. The molecule has 0 saturated heterocycles. The van der Waals surface area contributed by atoms with Crippen LogP contribution in [0.3, 0.4) is 0 Å². The molecule has 14 heavy (non-hydrogen) atoms. The lowest BCUT2D eigenvalue weighted by molar-refractivity contribution is -0.120. The van der Waals surface area contributed by atoms with Gasteiger partial charge in [-0.25, -0.2) is 0 Å². The topological polar surface area (TPSA) is 81.1 Å². The Hall–Kier alpha value is -1.55. The molecule has 0 fully saturated rings. The Morgan fingerprint density at radius 3 is 2.43 bits per heavy atom. The number of nitrogens with one attached hydrogen (secondary N) is 1. The molecule has 1 aromatic rings. The van der Waals surface area contributed by atoms with Crippen molar-refractivity contribution in [3.05, 3.63) is 24.3 Å². The molecule has 1 amide bonds. The molecule has 0 aliphatic rings. The summed E-state index contributed by atoms with van der Waals surface area (Å²) >= 11 is 0. The van der Waals surface area contributed by atoms with Crippen LogP contribution >= 0.6 is 0 Å². The number of hydrogen-bond acceptors (Lipinski definition) is 3. The first-order valence-corrected chi connectivity index (χ1v) is 4.36. The Morgan fingerprint density at radius 2 is 1.93 bits per heavy atom. The van der Waals surface area contributed by atoms with E-state index >= 15 is 0 Å². The first-order chi connectivity index (χ1) is 6.41. The molecule has 1 aromatic carbocycles. The SMILES string of the molecule is CC(C)(N)C(=O)Nc1ccccc1N. The highest BCUT2D eigenvalue weighted by atomic mass is 16.2. The highest BCUT2D eigenvalue weighted by Crippen LogP contribution is 2.17. The quantitative estimate of drug-likeness (QED) is 0.611. The number of hydrogen-bond donors (Lipinski definition) is 3. The maximum atomic E-state index is 11.5. The van der Waals surface area contributed by atoms with Gasteiger partial charge >= 0.3 is 0 Å². The largest absolute Gasteiger partial charge is 0.397 e. The third-order valence-corrected chi connectivity index (χ3v) is 1.79. The monoisotopic (exact) mass is 193 g/mol. The van der Waals surface area contributed by atoms with Crippen molar-refractivity contribution in [3.63, 3.8) is 0 Å². The van der Waals surface area contributed by atoms with Gasteiger partial charge in [-0.1, -0.05) is 12.1 Å². The fraction of sp³-hybridized carbons (Fsp3) is 0.300. The molecule has 0 heterocycles. The van der Waals surface area contributed by atoms with Crippen molar-refractivity contribution in [2.45, 2.75) is 19.4 Å². The normalized spacial score (nSPS) is 11.1. The summed E-state index contributed by atoms with van der Waals surface area (Å²) in [6, 6.07) is 7.06. The number of para-hydroxylation sites is 2. The highest BCUT2D eigenvalue weighted by molar-refractivity contribution is 5.99. The summed E-state index contributed by atoms with van der Waals surface area (Å²) < 4.78 is 0. The molecule has 1 rings (SSSR count). The van der Waals surface area contributed by atoms with Gasteiger partial charge in [0.15, 0.2) is 0 Å². The van der Waals surface area contributed by atoms with Crippen molar-refractivity contribution in [1.82, 2.24) is 0 Å². The predicted molar refractivity (Wildman–Crippen MR) is 57.8 cm³/mol. The number of rotatable bonds is 2. The minimum Gasteiger partial charge on any atom is -0.397 e. The number of amides is 1. The minimum absolute atomic E-state index is 0.254. The molecule has 0 atom stereocenters. The Morgan fingerprint density at radius 1 is 1.36 bits per heavy atom. The number of benzene rings is 1. The van der Waals surface area contributed by atoms with Crippen LogP contribution in [0, 0.1) is 0 Å². The van der Waals surface area contributed by atoms with Crippen molar-refractivity contribution in [2.75, 3.05) is 11.1 Å². The molecule has 4 heteroatoms. The zero-order valence-electron chi connectivity index (χ0n) is 8.37. The predicted octanol–water partition coefficient (Wildman–Crippen LogP) is 0.945. The molecule has 4 nitrogen and oxygen atoms in total. The van der Waals surface area contributed by atoms with Gasteiger partial charge in [0.1, 0.15) is 0 Å². The number of anilines is 2. The lowest BCUT2D eigenvalue weighted by Gasteiger charge is -2.18. The Labute approximate surface area is 83.3 Å². The van der Waals surface area contributed by atoms with Crippen molar-refractivity contribution in [1.29, 1.82) is 0 Å². The summed E-state index contributed by atoms with van der Waals surface area (Å²) in [6.45, 7) is 3.28. The zero-order valence-corrected chi connectivity index (χ0v) is 8.37. The smallest absolute Gasteiger partial charge is 0.243 e. The molecule has 0 spiro atoms. The standard InChI is InChI=1S/C10H15N3O/c1-10(2,12)9(14)13-8-6-4-3-5-7(8)11/h3-6H,11-12H2,1-2H3,(H,13,14). The van der Waals surface area contributed by atoms with Gasteiger partial charge in [-0.05, 0) is 26.0 Å². The Balaban J connectivity index is 2.80. The first-order valence-electron chi connectivity index (χ1n) is 4.36. The fourth-order valence-electron chi connectivity index (χ4n) is 0.894. The van der Waals surface area contributed by atoms with E-state index in [1.54, 1.807) is 38.1 Å². The molecule has 76 valence electrons. The summed E-state index contributed by atoms with van der Waals surface area (Å²) in [5, 5.41) is 2.66. The van der Waals surface area contributed by atoms with Gasteiger partial charge < -0.3 is 16.8 Å². The van der Waals surface area contributed by atoms with E-state index in [9.17, 15) is 4.79 Å². The first kappa shape index (κ1) is 10.5. The highest BCUT2D eigenvalue weighted by Gasteiger charge is 2.22. The molecule has 0 unspecified atom stereocenters. The van der Waals surface area contributed by atoms with Gasteiger partial charge in [-0.15, -0.1) is 0 Å². The van der Waals surface area contributed by atoms with E-state index in [1.807, 2.05) is 0 Å². The van der Waals surface area contributed by atoms with Crippen molar-refractivity contribution in [3.8, 4) is 0 Å². The van der Waals surface area contributed by atoms with Crippen LogP contribution in [0.25, 0.3) is 0 Å². The van der Waals surface area contributed by atoms with Gasteiger partial charge in [-0.3, -0.25) is 4.79 Å². The van der Waals surface area contributed by atoms with E-state index in [-0.39, 0.29) is 5.91 Å². The van der Waals surface area contributed by atoms with Crippen LogP contribution in [0.4, 0.5) is 11.4 Å². The molecular formula is C10H15N3O. The Bertz CT molecular complexity index is 341. The summed E-state index contributed by atoms with van der Waals surface area (Å²) in [7, 11) is 0. The van der Waals surface area contributed by atoms with Crippen LogP contribution in [0.1, 0.15) is 13.8 Å². The Kier molecular flexibility index (Phi) is 2.76. The lowest BCUT2D eigenvalue weighted by atomic mass is 10.1. The van der Waals surface area contributed by atoms with Crippen LogP contribution in [-0.4, -0.2) is 11.4 Å². The van der Waals surface area contributed by atoms with Crippen LogP contribution < -0.4 is 16.8 Å². The van der Waals surface area contributed by atoms with Crippen LogP contribution in [-0.2, 0) is 4.79 Å². The van der Waals surface area contributed by atoms with Crippen LogP contribution in [0.2, 0.25) is 0 Å². The lowest BCUT2D eigenvalue weighted by Crippen LogP contribution is -2.45. The second kappa shape index (κ2) is 3.67. The van der Waals surface area contributed by atoms with Gasteiger partial charge in [0.25, 0.3) is 0 Å². The third-order valence-electron chi connectivity index (χ3n) is 1.79. The van der Waals surface area contributed by atoms with Gasteiger partial charge in [0, 0.05) is 0 Å². The summed E-state index contributed by atoms with van der Waals surface area (Å²) in [5.41, 5.74) is 11.5. The van der Waals surface area contributed by atoms with E-state index in [0.29, 0.717) is 11.4 Å². The second-order valence-electron chi connectivity index (χ2n) is 3.76. The average Bonchev–Trinajstić information content (AvgIpc) is 2.07. The zero-order chi connectivity index (χ0) is 10.8. The van der Waals surface area contributed by atoms with Gasteiger partial charge in [0.05, 0.1) is 16.9 Å². The van der Waals surface area contributed by atoms with Gasteiger partial charge in [-0.2, -0.15) is 0 Å². The van der Waals surface area contributed by atoms with Crippen LogP contribution in [0.5, 0.6) is 0 Å². The number of carbonyl (C=O) groups excluding carboxylic acids is 1. The van der Waals surface area contributed by atoms with Gasteiger partial charge in [0.2, 0.25) is 5.91 Å². The van der Waals surface area contributed by atoms with E-state index in [0.717, 1.165) is 0 Å². The minimum atomic E-state index is -0.901. The average molecular weight is 193 g/mol. The van der Waals surface area contributed by atoms with Crippen molar-refractivity contribution < 1.29 is 4.79 Å². The molecular weight excluding hydrogens is 178 g/mol. The maximum Gasteiger partial charge on any atom is 0.243 e. The third kappa shape index (κ3) is 2.47. The fourth-order valence-corrected chi connectivity index (χ4v) is 0.894.